The standard InChI is InChI=1S/C11H17N5/c1-7(2)4-8(3)16-11-9-10(13-5-12-9)14-6-15-11/h5-8H,4H2,1-3H3,(H2,12,13,14,15,16). The lowest BCUT2D eigenvalue weighted by Gasteiger charge is -2.16. The van der Waals surface area contributed by atoms with Gasteiger partial charge in [-0.3, -0.25) is 0 Å². The zero-order chi connectivity index (χ0) is 11.5. The minimum absolute atomic E-state index is 0.390. The molecule has 2 N–H and O–H groups in total. The fourth-order valence-corrected chi connectivity index (χ4v) is 1.87. The summed E-state index contributed by atoms with van der Waals surface area (Å²) < 4.78 is 0. The molecule has 2 aromatic heterocycles. The van der Waals surface area contributed by atoms with Crippen LogP contribution in [-0.2, 0) is 0 Å². The van der Waals surface area contributed by atoms with Gasteiger partial charge in [-0.05, 0) is 19.3 Å². The monoisotopic (exact) mass is 219 g/mol. The molecule has 5 heteroatoms. The predicted octanol–water partition coefficient (Wildman–Crippen LogP) is 2.20. The lowest BCUT2D eigenvalue weighted by molar-refractivity contribution is 0.539. The quantitative estimate of drug-likeness (QED) is 0.827. The maximum absolute atomic E-state index is 4.23. The van der Waals surface area contributed by atoms with Crippen LogP contribution < -0.4 is 5.32 Å². The first-order chi connectivity index (χ1) is 7.66. The van der Waals surface area contributed by atoms with E-state index in [-0.39, 0.29) is 0 Å². The van der Waals surface area contributed by atoms with Crippen molar-refractivity contribution in [2.24, 2.45) is 5.92 Å². The molecule has 0 aliphatic heterocycles. The van der Waals surface area contributed by atoms with Crippen LogP contribution in [0.3, 0.4) is 0 Å². The summed E-state index contributed by atoms with van der Waals surface area (Å²) in [6.45, 7) is 6.58. The van der Waals surface area contributed by atoms with Gasteiger partial charge in [0.25, 0.3) is 0 Å². The van der Waals surface area contributed by atoms with Crippen molar-refractivity contribution in [3.63, 3.8) is 0 Å². The average molecular weight is 219 g/mol. The topological polar surface area (TPSA) is 66.5 Å². The highest BCUT2D eigenvalue weighted by Gasteiger charge is 2.09. The third-order valence-corrected chi connectivity index (χ3v) is 2.43. The molecule has 0 aromatic carbocycles. The Kier molecular flexibility index (Phi) is 3.03. The van der Waals surface area contributed by atoms with Gasteiger partial charge in [-0.2, -0.15) is 0 Å². The van der Waals surface area contributed by atoms with Gasteiger partial charge >= 0.3 is 0 Å². The van der Waals surface area contributed by atoms with Crippen LogP contribution in [0.15, 0.2) is 12.7 Å². The molecule has 2 rings (SSSR count). The number of hydrogen-bond donors (Lipinski definition) is 2. The molecule has 1 atom stereocenters. The van der Waals surface area contributed by atoms with Crippen molar-refractivity contribution in [1.29, 1.82) is 0 Å². The van der Waals surface area contributed by atoms with E-state index in [1.807, 2.05) is 0 Å². The minimum Gasteiger partial charge on any atom is -0.366 e. The van der Waals surface area contributed by atoms with Crippen LogP contribution in [0.4, 0.5) is 5.82 Å². The van der Waals surface area contributed by atoms with Gasteiger partial charge in [0.15, 0.2) is 11.5 Å². The first-order valence-electron chi connectivity index (χ1n) is 5.57. The fourth-order valence-electron chi connectivity index (χ4n) is 1.87. The van der Waals surface area contributed by atoms with Gasteiger partial charge in [-0.1, -0.05) is 13.8 Å². The molecular weight excluding hydrogens is 202 g/mol. The third-order valence-electron chi connectivity index (χ3n) is 2.43. The summed E-state index contributed by atoms with van der Waals surface area (Å²) in [6, 6.07) is 0.390. The van der Waals surface area contributed by atoms with E-state index in [0.29, 0.717) is 17.6 Å². The number of aromatic nitrogens is 4. The van der Waals surface area contributed by atoms with Gasteiger partial charge in [0.1, 0.15) is 11.8 Å². The number of fused-ring (bicyclic) bond motifs is 1. The minimum atomic E-state index is 0.390. The lowest BCUT2D eigenvalue weighted by atomic mass is 10.1. The summed E-state index contributed by atoms with van der Waals surface area (Å²) in [5, 5.41) is 3.38. The van der Waals surface area contributed by atoms with E-state index in [0.717, 1.165) is 17.8 Å². The Morgan fingerprint density at radius 2 is 2.06 bits per heavy atom. The van der Waals surface area contributed by atoms with Crippen molar-refractivity contribution in [3.05, 3.63) is 12.7 Å². The Bertz CT molecular complexity index is 462. The Labute approximate surface area is 94.7 Å². The van der Waals surface area contributed by atoms with Crippen molar-refractivity contribution in [3.8, 4) is 0 Å². The smallest absolute Gasteiger partial charge is 0.182 e. The zero-order valence-electron chi connectivity index (χ0n) is 9.86. The molecule has 2 heterocycles. The molecule has 0 spiro atoms. The predicted molar refractivity (Wildman–Crippen MR) is 64.2 cm³/mol. The molecule has 0 aliphatic carbocycles. The van der Waals surface area contributed by atoms with Gasteiger partial charge in [0.05, 0.1) is 6.33 Å². The van der Waals surface area contributed by atoms with Crippen molar-refractivity contribution in [2.75, 3.05) is 5.32 Å². The van der Waals surface area contributed by atoms with Gasteiger partial charge in [0, 0.05) is 6.04 Å². The van der Waals surface area contributed by atoms with Crippen LogP contribution in [-0.4, -0.2) is 26.0 Å². The molecule has 0 aliphatic rings. The summed E-state index contributed by atoms with van der Waals surface area (Å²) in [7, 11) is 0. The van der Waals surface area contributed by atoms with E-state index < -0.39 is 0 Å². The zero-order valence-corrected chi connectivity index (χ0v) is 9.86. The van der Waals surface area contributed by atoms with Crippen LogP contribution in [0.25, 0.3) is 11.2 Å². The lowest BCUT2D eigenvalue weighted by Crippen LogP contribution is -2.18. The fraction of sp³-hybridized carbons (Fsp3) is 0.545. The van der Waals surface area contributed by atoms with Crippen LogP contribution in [0, 0.1) is 5.92 Å². The summed E-state index contributed by atoms with van der Waals surface area (Å²) in [4.78, 5) is 15.5. The molecule has 1 unspecified atom stereocenters. The SMILES string of the molecule is CC(C)CC(C)Nc1ncnc2nc[nH]c12. The summed E-state index contributed by atoms with van der Waals surface area (Å²) in [6.07, 6.45) is 4.28. The van der Waals surface area contributed by atoms with Crippen molar-refractivity contribution >= 4 is 17.0 Å². The molecule has 0 saturated heterocycles. The molecule has 0 radical (unpaired) electrons. The van der Waals surface area contributed by atoms with E-state index in [1.54, 1.807) is 6.33 Å². The maximum atomic E-state index is 4.23. The van der Waals surface area contributed by atoms with Crippen molar-refractivity contribution in [1.82, 2.24) is 19.9 Å². The van der Waals surface area contributed by atoms with Crippen molar-refractivity contribution in [2.45, 2.75) is 33.2 Å². The van der Waals surface area contributed by atoms with Crippen LogP contribution >= 0.6 is 0 Å². The van der Waals surface area contributed by atoms with Gasteiger partial charge in [-0.25, -0.2) is 15.0 Å². The molecule has 0 bridgehead atoms. The second-order valence-electron chi connectivity index (χ2n) is 4.50. The molecule has 0 amide bonds. The summed E-state index contributed by atoms with van der Waals surface area (Å²) >= 11 is 0. The number of hydrogen-bond acceptors (Lipinski definition) is 4. The largest absolute Gasteiger partial charge is 0.366 e. The maximum Gasteiger partial charge on any atom is 0.182 e. The number of H-pyrrole nitrogens is 1. The van der Waals surface area contributed by atoms with E-state index >= 15 is 0 Å². The van der Waals surface area contributed by atoms with Gasteiger partial charge in [-0.15, -0.1) is 0 Å². The van der Waals surface area contributed by atoms with Gasteiger partial charge in [0.2, 0.25) is 0 Å². The summed E-state index contributed by atoms with van der Waals surface area (Å²) in [5.74, 6) is 1.50. The third kappa shape index (κ3) is 2.29. The van der Waals surface area contributed by atoms with Crippen molar-refractivity contribution < 1.29 is 0 Å². The molecule has 2 aromatic rings. The Morgan fingerprint density at radius 1 is 1.25 bits per heavy atom. The number of imidazole rings is 1. The Morgan fingerprint density at radius 3 is 2.81 bits per heavy atom. The summed E-state index contributed by atoms with van der Waals surface area (Å²) in [5.41, 5.74) is 1.58. The number of aromatic amines is 1. The highest BCUT2D eigenvalue weighted by Crippen LogP contribution is 2.17. The van der Waals surface area contributed by atoms with E-state index in [2.05, 4.69) is 46.0 Å². The molecular formula is C11H17N5. The molecule has 16 heavy (non-hydrogen) atoms. The number of nitrogens with one attached hydrogen (secondary N) is 2. The second-order valence-corrected chi connectivity index (χ2v) is 4.50. The second kappa shape index (κ2) is 4.47. The molecule has 0 saturated carbocycles. The first kappa shape index (κ1) is 10.9. The van der Waals surface area contributed by atoms with E-state index in [1.165, 1.54) is 6.33 Å². The van der Waals surface area contributed by atoms with Crippen LogP contribution in [0.5, 0.6) is 0 Å². The van der Waals surface area contributed by atoms with E-state index in [4.69, 9.17) is 0 Å². The molecule has 86 valence electrons. The first-order valence-corrected chi connectivity index (χ1v) is 5.57. The Hall–Kier alpha value is -1.65. The van der Waals surface area contributed by atoms with Gasteiger partial charge < -0.3 is 10.3 Å². The van der Waals surface area contributed by atoms with Crippen LogP contribution in [0.2, 0.25) is 0 Å². The van der Waals surface area contributed by atoms with E-state index in [9.17, 15) is 0 Å². The number of anilines is 1. The Balaban J connectivity index is 2.17. The van der Waals surface area contributed by atoms with Crippen LogP contribution in [0.1, 0.15) is 27.2 Å². The normalized spacial score (nSPS) is 13.2. The number of nitrogens with zero attached hydrogens (tertiary/aromatic N) is 3. The average Bonchev–Trinajstić information content (AvgIpc) is 2.65. The number of rotatable bonds is 4. The highest BCUT2D eigenvalue weighted by atomic mass is 15.1. The molecule has 5 nitrogen and oxygen atoms in total. The molecule has 0 fully saturated rings. The highest BCUT2D eigenvalue weighted by molar-refractivity contribution is 5.81.